The second-order valence-electron chi connectivity index (χ2n) is 8.01. The molecule has 5 nitrogen and oxygen atoms in total. The van der Waals surface area contributed by atoms with Crippen LogP contribution in [0.15, 0.2) is 36.4 Å². The highest BCUT2D eigenvalue weighted by molar-refractivity contribution is 6.01. The van der Waals surface area contributed by atoms with Gasteiger partial charge in [0.1, 0.15) is 11.4 Å². The van der Waals surface area contributed by atoms with E-state index in [0.717, 1.165) is 42.9 Å². The molecule has 0 aliphatic carbocycles. The summed E-state index contributed by atoms with van der Waals surface area (Å²) in [5.74, 6) is 5.99. The van der Waals surface area contributed by atoms with Crippen molar-refractivity contribution in [3.8, 4) is 28.8 Å². The van der Waals surface area contributed by atoms with Crippen molar-refractivity contribution in [3.05, 3.63) is 47.5 Å². The van der Waals surface area contributed by atoms with Gasteiger partial charge in [0, 0.05) is 34.5 Å². The smallest absolute Gasteiger partial charge is 0.416 e. The Morgan fingerprint density at radius 3 is 2.62 bits per heavy atom. The maximum atomic E-state index is 13.0. The molecule has 8 heteroatoms. The van der Waals surface area contributed by atoms with Gasteiger partial charge in [0.15, 0.2) is 5.82 Å². The number of likely N-dealkylation sites (tertiary alicyclic amines) is 1. The molecule has 1 aromatic heterocycles. The zero-order valence-electron chi connectivity index (χ0n) is 17.8. The van der Waals surface area contributed by atoms with E-state index < -0.39 is 17.5 Å². The quantitative estimate of drug-likeness (QED) is 0.568. The molecule has 1 aliphatic heterocycles. The first-order valence-corrected chi connectivity index (χ1v) is 10.3. The van der Waals surface area contributed by atoms with E-state index in [1.807, 2.05) is 18.2 Å². The second kappa shape index (κ2) is 8.67. The largest absolute Gasteiger partial charge is 0.507 e. The molecule has 166 valence electrons. The van der Waals surface area contributed by atoms with Gasteiger partial charge in [0.05, 0.1) is 5.56 Å². The summed E-state index contributed by atoms with van der Waals surface area (Å²) in [5.41, 5.74) is 0.373. The third-order valence-electron chi connectivity index (χ3n) is 5.59. The Bertz CT molecular complexity index is 1210. The summed E-state index contributed by atoms with van der Waals surface area (Å²) in [6.07, 6.45) is -2.47. The standard InChI is InChI=1S/C24H23F3N4O/c1-3-5-15-7-9-18-20(12-15)23(28-17-6-4-11-31(2)14-17)30-29-22(18)19-10-8-16(13-21(19)32)24(25,26)27/h7-10,12-13,17,32H,4,6,11,14H2,1-2H3,(H,28,30)/t17-/m1/s1. The highest BCUT2D eigenvalue weighted by Gasteiger charge is 2.31. The van der Waals surface area contributed by atoms with Crippen LogP contribution in [-0.2, 0) is 6.18 Å². The van der Waals surface area contributed by atoms with Gasteiger partial charge in [-0.15, -0.1) is 16.1 Å². The van der Waals surface area contributed by atoms with E-state index in [1.165, 1.54) is 6.07 Å². The van der Waals surface area contributed by atoms with Crippen LogP contribution in [0.3, 0.4) is 0 Å². The van der Waals surface area contributed by atoms with Crippen LogP contribution in [0.4, 0.5) is 19.0 Å². The molecule has 1 atom stereocenters. The van der Waals surface area contributed by atoms with Crippen molar-refractivity contribution in [3.63, 3.8) is 0 Å². The number of phenolic OH excluding ortho intramolecular Hbond substituents is 1. The van der Waals surface area contributed by atoms with Crippen molar-refractivity contribution in [2.45, 2.75) is 32.0 Å². The van der Waals surface area contributed by atoms with Crippen molar-refractivity contribution in [1.29, 1.82) is 0 Å². The molecule has 0 spiro atoms. The van der Waals surface area contributed by atoms with Gasteiger partial charge in [-0.1, -0.05) is 12.0 Å². The number of piperidine rings is 1. The average molecular weight is 440 g/mol. The summed E-state index contributed by atoms with van der Waals surface area (Å²) in [7, 11) is 2.07. The van der Waals surface area contributed by atoms with Crippen LogP contribution >= 0.6 is 0 Å². The van der Waals surface area contributed by atoms with E-state index in [9.17, 15) is 18.3 Å². The number of nitrogens with zero attached hydrogens (tertiary/aromatic N) is 3. The number of rotatable bonds is 3. The van der Waals surface area contributed by atoms with Crippen LogP contribution in [0.2, 0.25) is 0 Å². The molecule has 0 amide bonds. The van der Waals surface area contributed by atoms with Crippen molar-refractivity contribution in [1.82, 2.24) is 15.1 Å². The number of halogens is 3. The van der Waals surface area contributed by atoms with Crippen LogP contribution in [0.1, 0.15) is 30.9 Å². The maximum absolute atomic E-state index is 13.0. The lowest BCUT2D eigenvalue weighted by Crippen LogP contribution is -2.40. The molecule has 32 heavy (non-hydrogen) atoms. The molecule has 0 bridgehead atoms. The van der Waals surface area contributed by atoms with Gasteiger partial charge in [-0.05, 0) is 63.7 Å². The first-order chi connectivity index (χ1) is 15.3. The lowest BCUT2D eigenvalue weighted by molar-refractivity contribution is -0.137. The zero-order valence-corrected chi connectivity index (χ0v) is 17.8. The number of phenols is 1. The highest BCUT2D eigenvalue weighted by atomic mass is 19.4. The van der Waals surface area contributed by atoms with E-state index in [4.69, 9.17) is 0 Å². The molecule has 0 radical (unpaired) electrons. The van der Waals surface area contributed by atoms with Gasteiger partial charge in [-0.25, -0.2) is 0 Å². The Labute approximate surface area is 184 Å². The number of likely N-dealkylation sites (N-methyl/N-ethyl adjacent to an activating group) is 1. The lowest BCUT2D eigenvalue weighted by atomic mass is 10.00. The molecular formula is C24H23F3N4O. The van der Waals surface area contributed by atoms with Crippen LogP contribution < -0.4 is 5.32 Å². The molecular weight excluding hydrogens is 417 g/mol. The predicted molar refractivity (Wildman–Crippen MR) is 118 cm³/mol. The van der Waals surface area contributed by atoms with Crippen molar-refractivity contribution >= 4 is 16.6 Å². The van der Waals surface area contributed by atoms with E-state index >= 15 is 0 Å². The first-order valence-electron chi connectivity index (χ1n) is 10.3. The van der Waals surface area contributed by atoms with E-state index in [2.05, 4.69) is 39.3 Å². The third-order valence-corrected chi connectivity index (χ3v) is 5.59. The second-order valence-corrected chi connectivity index (χ2v) is 8.01. The predicted octanol–water partition coefficient (Wildman–Crippen LogP) is 4.90. The van der Waals surface area contributed by atoms with Gasteiger partial charge in [0.2, 0.25) is 0 Å². The van der Waals surface area contributed by atoms with Crippen LogP contribution in [0.5, 0.6) is 5.75 Å². The molecule has 1 aliphatic rings. The highest BCUT2D eigenvalue weighted by Crippen LogP contribution is 2.39. The van der Waals surface area contributed by atoms with Crippen LogP contribution in [0.25, 0.3) is 22.0 Å². The Balaban J connectivity index is 1.82. The van der Waals surface area contributed by atoms with E-state index in [1.54, 1.807) is 6.92 Å². The van der Waals surface area contributed by atoms with Crippen molar-refractivity contribution in [2.24, 2.45) is 0 Å². The Morgan fingerprint density at radius 1 is 1.12 bits per heavy atom. The number of fused-ring (bicyclic) bond motifs is 1. The van der Waals surface area contributed by atoms with Gasteiger partial charge in [-0.2, -0.15) is 13.2 Å². The number of benzene rings is 2. The molecule has 0 unspecified atom stereocenters. The summed E-state index contributed by atoms with van der Waals surface area (Å²) in [5, 5.41) is 23.9. The van der Waals surface area contributed by atoms with Gasteiger partial charge >= 0.3 is 6.18 Å². The molecule has 1 saturated heterocycles. The molecule has 3 aromatic rings. The number of hydrogen-bond donors (Lipinski definition) is 2. The molecule has 2 heterocycles. The number of anilines is 1. The number of aromatic nitrogens is 2. The van der Waals surface area contributed by atoms with Crippen LogP contribution in [0, 0.1) is 11.8 Å². The number of alkyl halides is 3. The summed E-state index contributed by atoms with van der Waals surface area (Å²) in [4.78, 5) is 2.25. The number of aromatic hydroxyl groups is 1. The van der Waals surface area contributed by atoms with Crippen molar-refractivity contribution < 1.29 is 18.3 Å². The maximum Gasteiger partial charge on any atom is 0.416 e. The van der Waals surface area contributed by atoms with Crippen molar-refractivity contribution in [2.75, 3.05) is 25.5 Å². The Kier molecular flexibility index (Phi) is 5.94. The molecule has 4 rings (SSSR count). The minimum Gasteiger partial charge on any atom is -0.507 e. The minimum absolute atomic E-state index is 0.189. The SMILES string of the molecule is CC#Cc1ccc2c(-c3ccc(C(F)(F)F)cc3O)nnc(N[C@@H]3CCCN(C)C3)c2c1. The monoisotopic (exact) mass is 440 g/mol. The van der Waals surface area contributed by atoms with E-state index in [0.29, 0.717) is 23.0 Å². The number of nitrogens with one attached hydrogen (secondary N) is 1. The fraction of sp³-hybridized carbons (Fsp3) is 0.333. The molecule has 2 N–H and O–H groups in total. The molecule has 2 aromatic carbocycles. The molecule has 1 fully saturated rings. The average Bonchev–Trinajstić information content (AvgIpc) is 2.74. The third kappa shape index (κ3) is 4.48. The Hall–Kier alpha value is -3.31. The van der Waals surface area contributed by atoms with Gasteiger partial charge in [-0.3, -0.25) is 0 Å². The lowest BCUT2D eigenvalue weighted by Gasteiger charge is -2.30. The first kappa shape index (κ1) is 21.9. The molecule has 0 saturated carbocycles. The van der Waals surface area contributed by atoms with Crippen LogP contribution in [-0.4, -0.2) is 46.4 Å². The summed E-state index contributed by atoms with van der Waals surface area (Å²) >= 11 is 0. The normalized spacial score (nSPS) is 17.1. The summed E-state index contributed by atoms with van der Waals surface area (Å²) in [6.45, 7) is 3.67. The van der Waals surface area contributed by atoms with E-state index in [-0.39, 0.29) is 11.6 Å². The summed E-state index contributed by atoms with van der Waals surface area (Å²) in [6, 6.07) is 8.60. The number of hydrogen-bond acceptors (Lipinski definition) is 5. The Morgan fingerprint density at radius 2 is 1.94 bits per heavy atom. The summed E-state index contributed by atoms with van der Waals surface area (Å²) < 4.78 is 39.0. The van der Waals surface area contributed by atoms with Gasteiger partial charge in [0.25, 0.3) is 0 Å². The minimum atomic E-state index is -4.54. The fourth-order valence-electron chi connectivity index (χ4n) is 4.07. The topological polar surface area (TPSA) is 61.3 Å². The fourth-order valence-corrected chi connectivity index (χ4v) is 4.07. The zero-order chi connectivity index (χ0) is 22.9. The van der Waals surface area contributed by atoms with Gasteiger partial charge < -0.3 is 15.3 Å².